The normalized spacial score (nSPS) is 11.1. The molecule has 4 aromatic rings. The molecule has 0 saturated heterocycles. The number of thioether (sulfide) groups is 1. The number of hydrogen-bond donors (Lipinski definition) is 1. The highest BCUT2D eigenvalue weighted by Gasteiger charge is 2.17. The molecule has 1 amide bonds. The standard InChI is InChI=1S/C24H25N5O2S/c1-4-29-14-19(18-10-5-6-11-20(18)29)21(30)15-32-24-27-26-22(28(24)3)13-25-23(31)17-9-7-8-16(2)12-17/h5-12,14H,4,13,15H2,1-3H3,(H,25,31). The van der Waals surface area contributed by atoms with Gasteiger partial charge < -0.3 is 14.5 Å². The van der Waals surface area contributed by atoms with Crippen molar-refractivity contribution in [1.29, 1.82) is 0 Å². The highest BCUT2D eigenvalue weighted by atomic mass is 32.2. The van der Waals surface area contributed by atoms with Crippen molar-refractivity contribution in [2.24, 2.45) is 7.05 Å². The second-order valence-electron chi connectivity index (χ2n) is 7.57. The first-order valence-electron chi connectivity index (χ1n) is 10.4. The second kappa shape index (κ2) is 9.40. The Hall–Kier alpha value is -3.39. The minimum atomic E-state index is -0.159. The van der Waals surface area contributed by atoms with Crippen LogP contribution in [0, 0.1) is 6.92 Å². The molecule has 0 bridgehead atoms. The molecule has 32 heavy (non-hydrogen) atoms. The molecule has 0 spiro atoms. The molecule has 164 valence electrons. The van der Waals surface area contributed by atoms with Gasteiger partial charge in [-0.05, 0) is 32.0 Å². The first kappa shape index (κ1) is 21.8. The lowest BCUT2D eigenvalue weighted by molar-refractivity contribution is 0.0948. The summed E-state index contributed by atoms with van der Waals surface area (Å²) in [5, 5.41) is 12.9. The van der Waals surface area contributed by atoms with Crippen LogP contribution in [0.3, 0.4) is 0 Å². The van der Waals surface area contributed by atoms with E-state index in [9.17, 15) is 9.59 Å². The van der Waals surface area contributed by atoms with Gasteiger partial charge in [0.05, 0.1) is 12.3 Å². The summed E-state index contributed by atoms with van der Waals surface area (Å²) in [5.41, 5.74) is 3.43. The molecule has 2 aromatic carbocycles. The van der Waals surface area contributed by atoms with E-state index in [4.69, 9.17) is 0 Å². The van der Waals surface area contributed by atoms with Gasteiger partial charge in [-0.3, -0.25) is 9.59 Å². The van der Waals surface area contributed by atoms with Crippen LogP contribution in [0.1, 0.15) is 39.0 Å². The van der Waals surface area contributed by atoms with Gasteiger partial charge >= 0.3 is 0 Å². The highest BCUT2D eigenvalue weighted by molar-refractivity contribution is 7.99. The summed E-state index contributed by atoms with van der Waals surface area (Å²) in [4.78, 5) is 25.3. The molecule has 0 unspecified atom stereocenters. The van der Waals surface area contributed by atoms with E-state index < -0.39 is 0 Å². The zero-order valence-corrected chi connectivity index (χ0v) is 19.1. The Morgan fingerprint density at radius 3 is 2.69 bits per heavy atom. The van der Waals surface area contributed by atoms with Gasteiger partial charge in [-0.15, -0.1) is 10.2 Å². The lowest BCUT2D eigenvalue weighted by Gasteiger charge is -2.06. The molecule has 0 saturated carbocycles. The maximum Gasteiger partial charge on any atom is 0.251 e. The van der Waals surface area contributed by atoms with Crippen LogP contribution in [0.25, 0.3) is 10.9 Å². The molecule has 0 atom stereocenters. The number of rotatable bonds is 8. The number of Topliss-reactive ketones (excluding diaryl/α,β-unsaturated/α-hetero) is 1. The number of ketones is 1. The van der Waals surface area contributed by atoms with Crippen LogP contribution in [0.4, 0.5) is 0 Å². The Morgan fingerprint density at radius 1 is 1.09 bits per heavy atom. The first-order valence-corrected chi connectivity index (χ1v) is 11.4. The number of aryl methyl sites for hydroxylation is 2. The summed E-state index contributed by atoms with van der Waals surface area (Å²) in [6.07, 6.45) is 1.93. The topological polar surface area (TPSA) is 81.8 Å². The van der Waals surface area contributed by atoms with Gasteiger partial charge in [-0.1, -0.05) is 47.7 Å². The van der Waals surface area contributed by atoms with Crippen molar-refractivity contribution in [2.75, 3.05) is 5.75 Å². The molecular formula is C24H25N5O2S. The summed E-state index contributed by atoms with van der Waals surface area (Å²) in [5.74, 6) is 0.784. The number of amides is 1. The molecule has 0 radical (unpaired) electrons. The van der Waals surface area contributed by atoms with Crippen LogP contribution < -0.4 is 5.32 Å². The van der Waals surface area contributed by atoms with E-state index in [1.54, 1.807) is 6.07 Å². The first-order chi connectivity index (χ1) is 15.5. The molecule has 7 nitrogen and oxygen atoms in total. The van der Waals surface area contributed by atoms with Crippen LogP contribution in [-0.2, 0) is 20.1 Å². The van der Waals surface area contributed by atoms with Gasteiger partial charge in [0.2, 0.25) is 0 Å². The molecule has 8 heteroatoms. The number of benzene rings is 2. The average molecular weight is 448 g/mol. The molecule has 0 aliphatic rings. The summed E-state index contributed by atoms with van der Waals surface area (Å²) >= 11 is 1.35. The van der Waals surface area contributed by atoms with Crippen LogP contribution in [0.15, 0.2) is 59.9 Å². The fourth-order valence-electron chi connectivity index (χ4n) is 3.61. The Labute approximate surface area is 190 Å². The summed E-state index contributed by atoms with van der Waals surface area (Å²) in [6.45, 7) is 5.08. The molecular weight excluding hydrogens is 422 g/mol. The lowest BCUT2D eigenvalue weighted by atomic mass is 10.1. The summed E-state index contributed by atoms with van der Waals surface area (Å²) in [7, 11) is 1.84. The fourth-order valence-corrected chi connectivity index (χ4v) is 4.42. The van der Waals surface area contributed by atoms with Crippen molar-refractivity contribution in [3.05, 3.63) is 77.2 Å². The Kier molecular flexibility index (Phi) is 6.41. The number of aromatic nitrogens is 4. The van der Waals surface area contributed by atoms with Crippen LogP contribution in [0.2, 0.25) is 0 Å². The Morgan fingerprint density at radius 2 is 1.91 bits per heavy atom. The number of hydrogen-bond acceptors (Lipinski definition) is 5. The van der Waals surface area contributed by atoms with Crippen LogP contribution >= 0.6 is 11.8 Å². The smallest absolute Gasteiger partial charge is 0.251 e. The van der Waals surface area contributed by atoms with E-state index in [0.29, 0.717) is 16.5 Å². The number of carbonyl (C=O) groups is 2. The number of nitrogens with zero attached hydrogens (tertiary/aromatic N) is 4. The minimum Gasteiger partial charge on any atom is -0.347 e. The summed E-state index contributed by atoms with van der Waals surface area (Å²) < 4.78 is 3.90. The third-order valence-corrected chi connectivity index (χ3v) is 6.39. The van der Waals surface area contributed by atoms with Gasteiger partial charge in [0, 0.05) is 41.8 Å². The predicted octanol–water partition coefficient (Wildman–Crippen LogP) is 4.00. The van der Waals surface area contributed by atoms with Crippen molar-refractivity contribution >= 4 is 34.4 Å². The minimum absolute atomic E-state index is 0.0516. The van der Waals surface area contributed by atoms with Crippen molar-refractivity contribution in [3.8, 4) is 0 Å². The third-order valence-electron chi connectivity index (χ3n) is 5.37. The molecule has 0 aliphatic heterocycles. The zero-order chi connectivity index (χ0) is 22.7. The van der Waals surface area contributed by atoms with E-state index in [-0.39, 0.29) is 24.0 Å². The number of fused-ring (bicyclic) bond motifs is 1. The van der Waals surface area contributed by atoms with Crippen molar-refractivity contribution in [3.63, 3.8) is 0 Å². The molecule has 0 aliphatic carbocycles. The van der Waals surface area contributed by atoms with Gasteiger partial charge in [-0.25, -0.2) is 0 Å². The van der Waals surface area contributed by atoms with E-state index in [1.165, 1.54) is 11.8 Å². The quantitative estimate of drug-likeness (QED) is 0.326. The molecule has 2 heterocycles. The van der Waals surface area contributed by atoms with Gasteiger partial charge in [0.15, 0.2) is 16.8 Å². The lowest BCUT2D eigenvalue weighted by Crippen LogP contribution is -2.24. The Balaban J connectivity index is 1.40. The van der Waals surface area contributed by atoms with E-state index >= 15 is 0 Å². The van der Waals surface area contributed by atoms with E-state index in [1.807, 2.05) is 67.2 Å². The number of carbonyl (C=O) groups excluding carboxylic acids is 2. The van der Waals surface area contributed by atoms with E-state index in [2.05, 4.69) is 27.0 Å². The SMILES string of the molecule is CCn1cc(C(=O)CSc2nnc(CNC(=O)c3cccc(C)c3)n2C)c2ccccc21. The zero-order valence-electron chi connectivity index (χ0n) is 18.3. The summed E-state index contributed by atoms with van der Waals surface area (Å²) in [6, 6.07) is 15.4. The van der Waals surface area contributed by atoms with Gasteiger partial charge in [-0.2, -0.15) is 0 Å². The maximum absolute atomic E-state index is 12.9. The van der Waals surface area contributed by atoms with Gasteiger partial charge in [0.25, 0.3) is 5.91 Å². The second-order valence-corrected chi connectivity index (χ2v) is 8.51. The molecule has 4 rings (SSSR count). The largest absolute Gasteiger partial charge is 0.347 e. The van der Waals surface area contributed by atoms with Crippen LogP contribution in [-0.4, -0.2) is 36.8 Å². The van der Waals surface area contributed by atoms with Crippen molar-refractivity contribution in [1.82, 2.24) is 24.6 Å². The predicted molar refractivity (Wildman–Crippen MR) is 126 cm³/mol. The average Bonchev–Trinajstić information content (AvgIpc) is 3.36. The van der Waals surface area contributed by atoms with E-state index in [0.717, 1.165) is 28.6 Å². The molecule has 1 N–H and O–H groups in total. The van der Waals surface area contributed by atoms with Crippen molar-refractivity contribution < 1.29 is 9.59 Å². The monoisotopic (exact) mass is 447 g/mol. The van der Waals surface area contributed by atoms with Crippen molar-refractivity contribution in [2.45, 2.75) is 32.1 Å². The Bertz CT molecular complexity index is 1290. The molecule has 0 fully saturated rings. The number of nitrogens with one attached hydrogen (secondary N) is 1. The molecule has 2 aromatic heterocycles. The van der Waals surface area contributed by atoms with Crippen LogP contribution in [0.5, 0.6) is 0 Å². The highest BCUT2D eigenvalue weighted by Crippen LogP contribution is 2.24. The number of para-hydroxylation sites is 1. The fraction of sp³-hybridized carbons (Fsp3) is 0.250. The van der Waals surface area contributed by atoms with Gasteiger partial charge in [0.1, 0.15) is 0 Å². The maximum atomic E-state index is 12.9. The third kappa shape index (κ3) is 4.45.